The van der Waals surface area contributed by atoms with Crippen molar-refractivity contribution < 1.29 is 4.79 Å². The summed E-state index contributed by atoms with van der Waals surface area (Å²) in [6.07, 6.45) is 1.57. The van der Waals surface area contributed by atoms with E-state index in [1.54, 1.807) is 23.0 Å². The number of hydrogen-bond acceptors (Lipinski definition) is 5. The molecule has 1 amide bonds. The van der Waals surface area contributed by atoms with Crippen LogP contribution in [0.3, 0.4) is 0 Å². The van der Waals surface area contributed by atoms with E-state index >= 15 is 0 Å². The first-order valence-corrected chi connectivity index (χ1v) is 7.97. The molecule has 0 spiro atoms. The maximum Gasteiger partial charge on any atom is 0.259 e. The molecular weight excluding hydrogens is 330 g/mol. The smallest absolute Gasteiger partial charge is 0.259 e. The van der Waals surface area contributed by atoms with Crippen molar-refractivity contribution in [3.63, 3.8) is 0 Å². The number of rotatable bonds is 4. The van der Waals surface area contributed by atoms with Crippen molar-refractivity contribution in [1.29, 1.82) is 0 Å². The predicted octanol–water partition coefficient (Wildman–Crippen LogP) is 2.61. The van der Waals surface area contributed by atoms with Gasteiger partial charge in [-0.05, 0) is 36.4 Å². The van der Waals surface area contributed by atoms with Crippen LogP contribution in [0.15, 0.2) is 60.8 Å². The third kappa shape index (κ3) is 2.95. The fourth-order valence-electron chi connectivity index (χ4n) is 2.68. The van der Waals surface area contributed by atoms with Gasteiger partial charge < -0.3 is 5.32 Å². The van der Waals surface area contributed by atoms with Crippen molar-refractivity contribution in [1.82, 2.24) is 30.4 Å². The topological polar surface area (TPSA) is 101 Å². The summed E-state index contributed by atoms with van der Waals surface area (Å²) in [5.41, 5.74) is 3.59. The molecular formula is C18H15N7O. The molecule has 2 heterocycles. The monoisotopic (exact) mass is 345 g/mol. The van der Waals surface area contributed by atoms with Crippen molar-refractivity contribution in [3.05, 3.63) is 72.1 Å². The maximum absolute atomic E-state index is 12.7. The first-order valence-electron chi connectivity index (χ1n) is 7.97. The van der Waals surface area contributed by atoms with Gasteiger partial charge in [0.25, 0.3) is 5.91 Å². The van der Waals surface area contributed by atoms with Crippen LogP contribution < -0.4 is 5.32 Å². The molecule has 0 aliphatic rings. The lowest BCUT2D eigenvalue weighted by Crippen LogP contribution is -2.13. The van der Waals surface area contributed by atoms with Gasteiger partial charge in [-0.1, -0.05) is 30.3 Å². The highest BCUT2D eigenvalue weighted by molar-refractivity contribution is 6.05. The van der Waals surface area contributed by atoms with E-state index in [0.717, 1.165) is 16.9 Å². The normalized spacial score (nSPS) is 10.7. The van der Waals surface area contributed by atoms with E-state index in [0.29, 0.717) is 17.1 Å². The summed E-state index contributed by atoms with van der Waals surface area (Å²) < 4.78 is 1.74. The number of tetrazole rings is 1. The predicted molar refractivity (Wildman–Crippen MR) is 95.9 cm³/mol. The van der Waals surface area contributed by atoms with Crippen LogP contribution in [-0.4, -0.2) is 36.3 Å². The molecule has 4 aromatic rings. The third-order valence-corrected chi connectivity index (χ3v) is 3.98. The quantitative estimate of drug-likeness (QED) is 0.592. The van der Waals surface area contributed by atoms with Crippen molar-refractivity contribution >= 4 is 11.6 Å². The molecule has 26 heavy (non-hydrogen) atoms. The molecule has 0 aliphatic heterocycles. The van der Waals surface area contributed by atoms with E-state index in [1.807, 2.05) is 49.4 Å². The van der Waals surface area contributed by atoms with Gasteiger partial charge in [0.15, 0.2) is 0 Å². The molecule has 0 bridgehead atoms. The average molecular weight is 345 g/mol. The lowest BCUT2D eigenvalue weighted by Gasteiger charge is -2.07. The van der Waals surface area contributed by atoms with Gasteiger partial charge in [0.05, 0.1) is 23.1 Å². The number of carbonyl (C=O) groups is 1. The first kappa shape index (κ1) is 15.7. The number of hydrogen-bond donors (Lipinski definition) is 2. The van der Waals surface area contributed by atoms with Gasteiger partial charge >= 0.3 is 0 Å². The second-order valence-electron chi connectivity index (χ2n) is 5.66. The number of aromatic nitrogens is 6. The van der Waals surface area contributed by atoms with Crippen LogP contribution in [0.4, 0.5) is 5.69 Å². The second kappa shape index (κ2) is 6.60. The number of para-hydroxylation sites is 1. The number of benzene rings is 2. The van der Waals surface area contributed by atoms with Crippen LogP contribution in [0.25, 0.3) is 17.1 Å². The molecule has 0 aliphatic carbocycles. The Balaban J connectivity index is 1.58. The molecule has 0 fully saturated rings. The van der Waals surface area contributed by atoms with E-state index in [2.05, 4.69) is 31.0 Å². The van der Waals surface area contributed by atoms with E-state index in [1.165, 1.54) is 0 Å². The Morgan fingerprint density at radius 2 is 1.96 bits per heavy atom. The van der Waals surface area contributed by atoms with Gasteiger partial charge in [-0.2, -0.15) is 10.3 Å². The Morgan fingerprint density at radius 3 is 2.73 bits per heavy atom. The van der Waals surface area contributed by atoms with E-state index in [9.17, 15) is 4.79 Å². The van der Waals surface area contributed by atoms with E-state index < -0.39 is 0 Å². The zero-order valence-electron chi connectivity index (χ0n) is 13.9. The SMILES string of the molecule is Cc1c(C(=O)Nc2cccc(-c3nn[nH]n3)c2)cnn1-c1ccccc1. The zero-order chi connectivity index (χ0) is 17.9. The Hall–Kier alpha value is -3.81. The van der Waals surface area contributed by atoms with E-state index in [4.69, 9.17) is 0 Å². The Morgan fingerprint density at radius 1 is 1.12 bits per heavy atom. The minimum atomic E-state index is -0.227. The average Bonchev–Trinajstić information content (AvgIpc) is 3.32. The van der Waals surface area contributed by atoms with Crippen LogP contribution in [0.2, 0.25) is 0 Å². The van der Waals surface area contributed by atoms with E-state index in [-0.39, 0.29) is 5.91 Å². The number of nitrogens with zero attached hydrogens (tertiary/aromatic N) is 5. The lowest BCUT2D eigenvalue weighted by atomic mass is 10.1. The second-order valence-corrected chi connectivity index (χ2v) is 5.66. The number of amides is 1. The van der Waals surface area contributed by atoms with Gasteiger partial charge in [0.2, 0.25) is 5.82 Å². The lowest BCUT2D eigenvalue weighted by molar-refractivity contribution is 0.102. The molecule has 4 rings (SSSR count). The molecule has 0 unspecified atom stereocenters. The Kier molecular flexibility index (Phi) is 3.98. The molecule has 0 saturated carbocycles. The zero-order valence-corrected chi connectivity index (χ0v) is 13.9. The fraction of sp³-hybridized carbons (Fsp3) is 0.0556. The van der Waals surface area contributed by atoms with Gasteiger partial charge in [-0.25, -0.2) is 4.68 Å². The fourth-order valence-corrected chi connectivity index (χ4v) is 2.68. The Labute approximate surface area is 148 Å². The highest BCUT2D eigenvalue weighted by Crippen LogP contribution is 2.20. The van der Waals surface area contributed by atoms with Crippen LogP contribution in [0, 0.1) is 6.92 Å². The number of nitrogens with one attached hydrogen (secondary N) is 2. The standard InChI is InChI=1S/C18H15N7O/c1-12-16(11-19-25(12)15-8-3-2-4-9-15)18(26)20-14-7-5-6-13(10-14)17-21-23-24-22-17/h2-11H,1H3,(H,20,26)(H,21,22,23,24). The molecule has 0 radical (unpaired) electrons. The van der Waals surface area contributed by atoms with Crippen molar-refractivity contribution in [2.75, 3.05) is 5.32 Å². The molecule has 8 nitrogen and oxygen atoms in total. The molecule has 0 atom stereocenters. The molecule has 2 aromatic heterocycles. The third-order valence-electron chi connectivity index (χ3n) is 3.98. The minimum absolute atomic E-state index is 0.227. The highest BCUT2D eigenvalue weighted by Gasteiger charge is 2.15. The minimum Gasteiger partial charge on any atom is -0.322 e. The maximum atomic E-state index is 12.7. The molecule has 0 saturated heterocycles. The van der Waals surface area contributed by atoms with Crippen LogP contribution in [0.5, 0.6) is 0 Å². The number of H-pyrrole nitrogens is 1. The summed E-state index contributed by atoms with van der Waals surface area (Å²) >= 11 is 0. The van der Waals surface area contributed by atoms with Crippen molar-refractivity contribution in [3.8, 4) is 17.1 Å². The van der Waals surface area contributed by atoms with Crippen LogP contribution >= 0.6 is 0 Å². The van der Waals surface area contributed by atoms with Gasteiger partial charge in [0, 0.05) is 11.3 Å². The van der Waals surface area contributed by atoms with Gasteiger partial charge in [0.1, 0.15) is 0 Å². The first-order chi connectivity index (χ1) is 12.7. The number of anilines is 1. The number of carbonyl (C=O) groups excluding carboxylic acids is 1. The van der Waals surface area contributed by atoms with Gasteiger partial charge in [-0.15, -0.1) is 10.2 Å². The number of aromatic amines is 1. The molecule has 128 valence electrons. The molecule has 8 heteroatoms. The summed E-state index contributed by atoms with van der Waals surface area (Å²) in [5.74, 6) is 0.240. The summed E-state index contributed by atoms with van der Waals surface area (Å²) in [6.45, 7) is 1.87. The highest BCUT2D eigenvalue weighted by atomic mass is 16.1. The van der Waals surface area contributed by atoms with Crippen molar-refractivity contribution in [2.45, 2.75) is 6.92 Å². The molecule has 2 aromatic carbocycles. The summed E-state index contributed by atoms with van der Waals surface area (Å²) in [7, 11) is 0. The Bertz CT molecular complexity index is 1040. The van der Waals surface area contributed by atoms with Crippen LogP contribution in [0.1, 0.15) is 16.1 Å². The summed E-state index contributed by atoms with van der Waals surface area (Å²) in [5, 5.41) is 21.1. The molecule has 2 N–H and O–H groups in total. The van der Waals surface area contributed by atoms with Crippen LogP contribution in [-0.2, 0) is 0 Å². The van der Waals surface area contributed by atoms with Crippen molar-refractivity contribution in [2.24, 2.45) is 0 Å². The summed E-state index contributed by atoms with van der Waals surface area (Å²) in [6, 6.07) is 16.9. The summed E-state index contributed by atoms with van der Waals surface area (Å²) in [4.78, 5) is 12.7. The largest absolute Gasteiger partial charge is 0.322 e. The van der Waals surface area contributed by atoms with Gasteiger partial charge in [-0.3, -0.25) is 4.79 Å².